The Bertz CT molecular complexity index is 1020. The third kappa shape index (κ3) is 5.13. The van der Waals surface area contributed by atoms with E-state index in [4.69, 9.17) is 4.74 Å². The van der Waals surface area contributed by atoms with Crippen LogP contribution in [-0.4, -0.2) is 40.2 Å². The molecule has 0 atom stereocenters. The Morgan fingerprint density at radius 2 is 1.72 bits per heavy atom. The maximum Gasteiger partial charge on any atom is 0.407 e. The highest BCUT2D eigenvalue weighted by molar-refractivity contribution is 5.97. The van der Waals surface area contributed by atoms with Gasteiger partial charge in [0.2, 0.25) is 0 Å². The molecule has 0 unspecified atom stereocenters. The van der Waals surface area contributed by atoms with E-state index in [2.05, 4.69) is 20.2 Å². The molecule has 7 nitrogen and oxygen atoms in total. The van der Waals surface area contributed by atoms with Crippen molar-refractivity contribution in [3.05, 3.63) is 59.9 Å². The van der Waals surface area contributed by atoms with E-state index in [1.54, 1.807) is 32.9 Å². The van der Waals surface area contributed by atoms with Crippen molar-refractivity contribution < 1.29 is 14.3 Å². The first-order valence-electron chi connectivity index (χ1n) is 9.54. The predicted molar refractivity (Wildman–Crippen MR) is 112 cm³/mol. The highest BCUT2D eigenvalue weighted by atomic mass is 16.6. The summed E-state index contributed by atoms with van der Waals surface area (Å²) in [7, 11) is 0. The van der Waals surface area contributed by atoms with Crippen molar-refractivity contribution in [1.82, 2.24) is 20.2 Å². The first-order valence-corrected chi connectivity index (χ1v) is 9.54. The van der Waals surface area contributed by atoms with Crippen LogP contribution < -0.4 is 10.6 Å². The van der Waals surface area contributed by atoms with E-state index >= 15 is 0 Å². The van der Waals surface area contributed by atoms with Gasteiger partial charge in [0.1, 0.15) is 11.4 Å². The van der Waals surface area contributed by atoms with Crippen LogP contribution in [0.5, 0.6) is 0 Å². The molecule has 2 amide bonds. The van der Waals surface area contributed by atoms with Crippen molar-refractivity contribution in [1.29, 1.82) is 0 Å². The van der Waals surface area contributed by atoms with Gasteiger partial charge in [0.05, 0.1) is 11.0 Å². The lowest BCUT2D eigenvalue weighted by Gasteiger charge is -2.19. The molecule has 0 saturated carbocycles. The van der Waals surface area contributed by atoms with Crippen LogP contribution in [0.15, 0.2) is 48.5 Å². The molecule has 2 N–H and O–H groups in total. The van der Waals surface area contributed by atoms with Crippen LogP contribution in [0.1, 0.15) is 37.0 Å². The Morgan fingerprint density at radius 1 is 1.03 bits per heavy atom. The first kappa shape index (κ1) is 20.4. The SMILES string of the molecule is Cc1nc2cc(C(=O)NCCNC(=O)OC(C)(C)C)ccc2n1-c1ccccc1. The first-order chi connectivity index (χ1) is 13.7. The fourth-order valence-corrected chi connectivity index (χ4v) is 3.00. The van der Waals surface area contributed by atoms with E-state index in [9.17, 15) is 9.59 Å². The number of aryl methyl sites for hydroxylation is 1. The Kier molecular flexibility index (Phi) is 5.87. The minimum atomic E-state index is -0.552. The molecule has 1 aromatic heterocycles. The molecule has 7 heteroatoms. The molecule has 0 aliphatic rings. The molecule has 0 radical (unpaired) electrons. The smallest absolute Gasteiger partial charge is 0.407 e. The molecule has 0 aliphatic carbocycles. The standard InChI is InChI=1S/C22H26N4O3/c1-15-25-18-14-16(10-11-19(18)26(15)17-8-6-5-7-9-17)20(27)23-12-13-24-21(28)29-22(2,3)4/h5-11,14H,12-13H2,1-4H3,(H,23,27)(H,24,28). The number of rotatable bonds is 5. The maximum atomic E-state index is 12.4. The number of hydrogen-bond acceptors (Lipinski definition) is 4. The summed E-state index contributed by atoms with van der Waals surface area (Å²) >= 11 is 0. The summed E-state index contributed by atoms with van der Waals surface area (Å²) in [6, 6.07) is 15.4. The van der Waals surface area contributed by atoms with Crippen molar-refractivity contribution in [3.8, 4) is 5.69 Å². The number of para-hydroxylation sites is 1. The van der Waals surface area contributed by atoms with E-state index in [1.807, 2.05) is 43.3 Å². The number of nitrogens with zero attached hydrogens (tertiary/aromatic N) is 2. The highest BCUT2D eigenvalue weighted by Crippen LogP contribution is 2.22. The second-order valence-corrected chi connectivity index (χ2v) is 7.72. The average molecular weight is 394 g/mol. The zero-order valence-electron chi connectivity index (χ0n) is 17.2. The zero-order chi connectivity index (χ0) is 21.0. The molecule has 0 saturated heterocycles. The normalized spacial score (nSPS) is 11.3. The molecule has 29 heavy (non-hydrogen) atoms. The van der Waals surface area contributed by atoms with Crippen LogP contribution in [-0.2, 0) is 4.74 Å². The van der Waals surface area contributed by atoms with Crippen molar-refractivity contribution >= 4 is 23.0 Å². The quantitative estimate of drug-likeness (QED) is 0.648. The Labute approximate surface area is 170 Å². The van der Waals surface area contributed by atoms with E-state index in [-0.39, 0.29) is 12.5 Å². The fraction of sp³-hybridized carbons (Fsp3) is 0.318. The molecule has 1 heterocycles. The second kappa shape index (κ2) is 8.34. The predicted octanol–water partition coefficient (Wildman–Crippen LogP) is 3.59. The number of fused-ring (bicyclic) bond motifs is 1. The molecule has 0 fully saturated rings. The Balaban J connectivity index is 1.63. The minimum absolute atomic E-state index is 0.218. The van der Waals surface area contributed by atoms with Crippen LogP contribution >= 0.6 is 0 Å². The van der Waals surface area contributed by atoms with E-state index in [1.165, 1.54) is 0 Å². The number of hydrogen-bond donors (Lipinski definition) is 2. The molecule has 0 spiro atoms. The lowest BCUT2D eigenvalue weighted by molar-refractivity contribution is 0.0526. The maximum absolute atomic E-state index is 12.4. The summed E-state index contributed by atoms with van der Waals surface area (Å²) in [6.07, 6.45) is -0.505. The number of ether oxygens (including phenoxy) is 1. The number of imidazole rings is 1. The van der Waals surface area contributed by atoms with E-state index < -0.39 is 11.7 Å². The van der Waals surface area contributed by atoms with Gasteiger partial charge in [-0.2, -0.15) is 0 Å². The average Bonchev–Trinajstić information content (AvgIpc) is 2.99. The molecule has 0 aliphatic heterocycles. The summed E-state index contributed by atoms with van der Waals surface area (Å²) < 4.78 is 7.21. The topological polar surface area (TPSA) is 85.2 Å². The summed E-state index contributed by atoms with van der Waals surface area (Å²) in [5.74, 6) is 0.634. The van der Waals surface area contributed by atoms with Gasteiger partial charge in [-0.3, -0.25) is 9.36 Å². The molecule has 152 valence electrons. The summed E-state index contributed by atoms with van der Waals surface area (Å²) in [5, 5.41) is 5.40. The van der Waals surface area contributed by atoms with Crippen LogP contribution in [0.25, 0.3) is 16.7 Å². The number of aromatic nitrogens is 2. The number of nitrogens with one attached hydrogen (secondary N) is 2. The monoisotopic (exact) mass is 394 g/mol. The number of benzene rings is 2. The van der Waals surface area contributed by atoms with E-state index in [0.717, 1.165) is 22.5 Å². The minimum Gasteiger partial charge on any atom is -0.444 e. The molecule has 2 aromatic carbocycles. The van der Waals surface area contributed by atoms with Gasteiger partial charge in [0, 0.05) is 24.3 Å². The second-order valence-electron chi connectivity index (χ2n) is 7.72. The van der Waals surface area contributed by atoms with Gasteiger partial charge in [0.15, 0.2) is 0 Å². The number of carbonyl (C=O) groups is 2. The van der Waals surface area contributed by atoms with Crippen LogP contribution in [0.3, 0.4) is 0 Å². The van der Waals surface area contributed by atoms with Crippen molar-refractivity contribution in [2.24, 2.45) is 0 Å². The Morgan fingerprint density at radius 3 is 2.41 bits per heavy atom. The Hall–Kier alpha value is -3.35. The summed E-state index contributed by atoms with van der Waals surface area (Å²) in [4.78, 5) is 28.6. The van der Waals surface area contributed by atoms with Gasteiger partial charge in [-0.05, 0) is 58.0 Å². The van der Waals surface area contributed by atoms with E-state index in [0.29, 0.717) is 12.1 Å². The third-order valence-electron chi connectivity index (χ3n) is 4.18. The van der Waals surface area contributed by atoms with Gasteiger partial charge in [0.25, 0.3) is 5.91 Å². The van der Waals surface area contributed by atoms with Crippen molar-refractivity contribution in [3.63, 3.8) is 0 Å². The van der Waals surface area contributed by atoms with Gasteiger partial charge < -0.3 is 15.4 Å². The zero-order valence-corrected chi connectivity index (χ0v) is 17.2. The van der Waals surface area contributed by atoms with Crippen LogP contribution in [0.4, 0.5) is 4.79 Å². The van der Waals surface area contributed by atoms with Gasteiger partial charge in [-0.25, -0.2) is 9.78 Å². The number of alkyl carbamates (subject to hydrolysis) is 1. The number of carbonyl (C=O) groups excluding carboxylic acids is 2. The van der Waals surface area contributed by atoms with Gasteiger partial charge >= 0.3 is 6.09 Å². The fourth-order valence-electron chi connectivity index (χ4n) is 3.00. The molecule has 3 aromatic rings. The van der Waals surface area contributed by atoms with Crippen molar-refractivity contribution in [2.45, 2.75) is 33.3 Å². The van der Waals surface area contributed by atoms with Gasteiger partial charge in [-0.15, -0.1) is 0 Å². The summed E-state index contributed by atoms with van der Waals surface area (Å²) in [6.45, 7) is 7.91. The molecular weight excluding hydrogens is 368 g/mol. The largest absolute Gasteiger partial charge is 0.444 e. The lowest BCUT2D eigenvalue weighted by Crippen LogP contribution is -2.37. The summed E-state index contributed by atoms with van der Waals surface area (Å²) in [5.41, 5.74) is 2.69. The third-order valence-corrected chi connectivity index (χ3v) is 4.18. The highest BCUT2D eigenvalue weighted by Gasteiger charge is 2.16. The molecular formula is C22H26N4O3. The molecule has 0 bridgehead atoms. The van der Waals surface area contributed by atoms with Crippen LogP contribution in [0, 0.1) is 6.92 Å². The number of amides is 2. The molecule has 3 rings (SSSR count). The van der Waals surface area contributed by atoms with Gasteiger partial charge in [-0.1, -0.05) is 18.2 Å². The van der Waals surface area contributed by atoms with Crippen molar-refractivity contribution in [2.75, 3.05) is 13.1 Å². The lowest BCUT2D eigenvalue weighted by atomic mass is 10.2. The van der Waals surface area contributed by atoms with Crippen LogP contribution in [0.2, 0.25) is 0 Å².